The fourth-order valence-corrected chi connectivity index (χ4v) is 4.79. The smallest absolute Gasteiger partial charge is 0.270 e. The lowest BCUT2D eigenvalue weighted by atomic mass is 9.94. The number of anilines is 1. The summed E-state index contributed by atoms with van der Waals surface area (Å²) in [6.45, 7) is 0.619. The molecule has 1 amide bonds. The van der Waals surface area contributed by atoms with Crippen molar-refractivity contribution in [3.63, 3.8) is 0 Å². The van der Waals surface area contributed by atoms with E-state index >= 15 is 0 Å². The van der Waals surface area contributed by atoms with Crippen molar-refractivity contribution in [1.82, 2.24) is 10.9 Å². The van der Waals surface area contributed by atoms with E-state index in [0.717, 1.165) is 23.0 Å². The molecule has 2 aliphatic heterocycles. The summed E-state index contributed by atoms with van der Waals surface area (Å²) in [4.78, 5) is 15.0. The second-order valence-corrected chi connectivity index (χ2v) is 8.88. The van der Waals surface area contributed by atoms with Crippen LogP contribution >= 0.6 is 11.8 Å². The van der Waals surface area contributed by atoms with Gasteiger partial charge in [0.05, 0.1) is 28.0 Å². The zero-order valence-corrected chi connectivity index (χ0v) is 18.8. The minimum absolute atomic E-state index is 0.0227. The van der Waals surface area contributed by atoms with Gasteiger partial charge >= 0.3 is 0 Å². The monoisotopic (exact) mass is 472 g/mol. The van der Waals surface area contributed by atoms with E-state index in [2.05, 4.69) is 21.1 Å². The maximum Gasteiger partial charge on any atom is 0.270 e. The zero-order chi connectivity index (χ0) is 23.5. The number of halogens is 1. The molecular formula is C25H21FN6OS. The molecule has 34 heavy (non-hydrogen) atoms. The molecule has 2 unspecified atom stereocenters. The number of benzene rings is 3. The Bertz CT molecular complexity index is 1260. The van der Waals surface area contributed by atoms with E-state index in [1.807, 2.05) is 36.4 Å². The standard InChI is InChI=1S/C25H21FN6OS/c26-18-8-6-16(7-9-18)23-17(15-28-31-23)14-22-24(33)32(25(27)34-22)21-12-10-20(11-13-21)30-29-19-4-2-1-3-5-19/h1-14,17,23,27-28,31H,15H2/b22-14-,27-25?,30-29?. The largest absolute Gasteiger partial charge is 0.278 e. The summed E-state index contributed by atoms with van der Waals surface area (Å²) < 4.78 is 13.3. The van der Waals surface area contributed by atoms with E-state index in [1.165, 1.54) is 17.0 Å². The molecule has 0 saturated carbocycles. The van der Waals surface area contributed by atoms with Gasteiger partial charge in [-0.25, -0.2) is 9.82 Å². The van der Waals surface area contributed by atoms with Gasteiger partial charge in [-0.05, 0) is 65.9 Å². The molecule has 3 N–H and O–H groups in total. The number of hydrogen-bond donors (Lipinski definition) is 3. The van der Waals surface area contributed by atoms with E-state index in [4.69, 9.17) is 5.41 Å². The Hall–Kier alpha value is -3.66. The third-order valence-electron chi connectivity index (χ3n) is 5.59. The first-order chi connectivity index (χ1) is 16.6. The van der Waals surface area contributed by atoms with Gasteiger partial charge in [-0.2, -0.15) is 10.2 Å². The van der Waals surface area contributed by atoms with Crippen molar-refractivity contribution in [2.24, 2.45) is 16.1 Å². The number of nitrogens with zero attached hydrogens (tertiary/aromatic N) is 3. The number of carbonyl (C=O) groups excluding carboxylic acids is 1. The van der Waals surface area contributed by atoms with Crippen LogP contribution < -0.4 is 15.8 Å². The molecule has 0 bridgehead atoms. The fraction of sp³-hybridized carbons (Fsp3) is 0.120. The van der Waals surface area contributed by atoms with Crippen LogP contribution in [0.2, 0.25) is 0 Å². The van der Waals surface area contributed by atoms with Gasteiger partial charge in [0.2, 0.25) is 0 Å². The Labute approximate surface area is 200 Å². The van der Waals surface area contributed by atoms with Crippen LogP contribution in [0.3, 0.4) is 0 Å². The molecule has 2 atom stereocenters. The topological polar surface area (TPSA) is 92.9 Å². The molecule has 0 aromatic heterocycles. The van der Waals surface area contributed by atoms with Crippen LogP contribution in [0.15, 0.2) is 100 Å². The summed E-state index contributed by atoms with van der Waals surface area (Å²) in [6.07, 6.45) is 1.89. The van der Waals surface area contributed by atoms with E-state index in [1.54, 1.807) is 36.4 Å². The summed E-state index contributed by atoms with van der Waals surface area (Å²) in [6, 6.07) is 22.7. The van der Waals surface area contributed by atoms with Gasteiger partial charge < -0.3 is 0 Å². The molecule has 0 radical (unpaired) electrons. The number of amidine groups is 1. The molecule has 3 aromatic rings. The van der Waals surface area contributed by atoms with Crippen molar-refractivity contribution >= 4 is 39.9 Å². The number of azo groups is 1. The van der Waals surface area contributed by atoms with E-state index in [0.29, 0.717) is 22.8 Å². The van der Waals surface area contributed by atoms with Gasteiger partial charge in [0.1, 0.15) is 5.82 Å². The van der Waals surface area contributed by atoms with E-state index < -0.39 is 0 Å². The molecule has 5 rings (SSSR count). The average Bonchev–Trinajstić information content (AvgIpc) is 3.43. The van der Waals surface area contributed by atoms with Crippen LogP contribution in [0.5, 0.6) is 0 Å². The minimum atomic E-state index is -0.289. The molecule has 2 aliphatic rings. The summed E-state index contributed by atoms with van der Waals surface area (Å²) in [7, 11) is 0. The first-order valence-corrected chi connectivity index (χ1v) is 11.5. The molecule has 0 aliphatic carbocycles. The Morgan fingerprint density at radius 1 is 0.971 bits per heavy atom. The Balaban J connectivity index is 1.31. The number of hydrazine groups is 1. The van der Waals surface area contributed by atoms with Gasteiger partial charge in [0.25, 0.3) is 5.91 Å². The first-order valence-electron chi connectivity index (χ1n) is 10.7. The molecule has 7 nitrogen and oxygen atoms in total. The summed E-state index contributed by atoms with van der Waals surface area (Å²) in [5.74, 6) is -0.549. The highest BCUT2D eigenvalue weighted by molar-refractivity contribution is 8.19. The number of rotatable bonds is 5. The lowest BCUT2D eigenvalue weighted by Gasteiger charge is -2.16. The van der Waals surface area contributed by atoms with Crippen LogP contribution in [-0.4, -0.2) is 17.6 Å². The zero-order valence-electron chi connectivity index (χ0n) is 18.0. The normalized spacial score (nSPS) is 21.8. The van der Waals surface area contributed by atoms with Gasteiger partial charge in [-0.3, -0.25) is 20.5 Å². The van der Waals surface area contributed by atoms with Gasteiger partial charge in [-0.1, -0.05) is 36.4 Å². The van der Waals surface area contributed by atoms with Crippen LogP contribution in [0.1, 0.15) is 11.6 Å². The van der Waals surface area contributed by atoms with Crippen molar-refractivity contribution < 1.29 is 9.18 Å². The van der Waals surface area contributed by atoms with Crippen molar-refractivity contribution in [3.05, 3.63) is 101 Å². The van der Waals surface area contributed by atoms with Crippen molar-refractivity contribution in [3.8, 4) is 0 Å². The molecule has 9 heteroatoms. The lowest BCUT2D eigenvalue weighted by Crippen LogP contribution is -2.28. The lowest BCUT2D eigenvalue weighted by molar-refractivity contribution is -0.113. The highest BCUT2D eigenvalue weighted by Gasteiger charge is 2.36. The Kier molecular flexibility index (Phi) is 6.31. The summed E-state index contributed by atoms with van der Waals surface area (Å²) in [5, 5.41) is 16.9. The number of thioether (sulfide) groups is 1. The second kappa shape index (κ2) is 9.68. The quantitative estimate of drug-likeness (QED) is 0.333. The number of nitrogens with one attached hydrogen (secondary N) is 3. The first kappa shape index (κ1) is 22.1. The van der Waals surface area contributed by atoms with Gasteiger partial charge in [0.15, 0.2) is 5.17 Å². The fourth-order valence-electron chi connectivity index (χ4n) is 3.88. The van der Waals surface area contributed by atoms with Gasteiger partial charge in [-0.15, -0.1) is 0 Å². The second-order valence-electron chi connectivity index (χ2n) is 7.85. The third kappa shape index (κ3) is 4.67. The molecule has 2 fully saturated rings. The summed E-state index contributed by atoms with van der Waals surface area (Å²) in [5.41, 5.74) is 9.24. The predicted octanol–water partition coefficient (Wildman–Crippen LogP) is 5.60. The number of carbonyl (C=O) groups is 1. The van der Waals surface area contributed by atoms with Crippen LogP contribution in [-0.2, 0) is 4.79 Å². The minimum Gasteiger partial charge on any atom is -0.278 e. The maximum absolute atomic E-state index is 13.3. The van der Waals surface area contributed by atoms with Crippen LogP contribution in [0, 0.1) is 17.1 Å². The van der Waals surface area contributed by atoms with E-state index in [9.17, 15) is 9.18 Å². The summed E-state index contributed by atoms with van der Waals surface area (Å²) >= 11 is 1.14. The molecule has 2 heterocycles. The highest BCUT2D eigenvalue weighted by Crippen LogP contribution is 2.37. The Morgan fingerprint density at radius 2 is 1.65 bits per heavy atom. The van der Waals surface area contributed by atoms with Crippen LogP contribution in [0.25, 0.3) is 0 Å². The predicted molar refractivity (Wildman–Crippen MR) is 132 cm³/mol. The molecular weight excluding hydrogens is 451 g/mol. The average molecular weight is 473 g/mol. The van der Waals surface area contributed by atoms with Crippen molar-refractivity contribution in [2.45, 2.75) is 6.04 Å². The number of hydrogen-bond acceptors (Lipinski definition) is 7. The van der Waals surface area contributed by atoms with E-state index in [-0.39, 0.29) is 28.9 Å². The molecule has 2 saturated heterocycles. The molecule has 0 spiro atoms. The molecule has 170 valence electrons. The Morgan fingerprint density at radius 3 is 2.35 bits per heavy atom. The molecule has 3 aromatic carbocycles. The van der Waals surface area contributed by atoms with Crippen molar-refractivity contribution in [2.75, 3.05) is 11.4 Å². The van der Waals surface area contributed by atoms with Gasteiger partial charge in [0, 0.05) is 12.5 Å². The SMILES string of the molecule is N=C1S/C(=C\C2CNNC2c2ccc(F)cc2)C(=O)N1c1ccc(N=Nc2ccccc2)cc1. The number of amides is 1. The third-order valence-corrected chi connectivity index (χ3v) is 6.49. The highest BCUT2D eigenvalue weighted by atomic mass is 32.2. The van der Waals surface area contributed by atoms with Crippen molar-refractivity contribution in [1.29, 1.82) is 5.41 Å². The maximum atomic E-state index is 13.3. The van der Waals surface area contributed by atoms with Crippen LogP contribution in [0.4, 0.5) is 21.5 Å².